The van der Waals surface area contributed by atoms with Crippen LogP contribution in [-0.2, 0) is 12.6 Å². The quantitative estimate of drug-likeness (QED) is 0.765. The van der Waals surface area contributed by atoms with Crippen LogP contribution in [0.1, 0.15) is 32.4 Å². The zero-order valence-corrected chi connectivity index (χ0v) is 11.4. The van der Waals surface area contributed by atoms with Gasteiger partial charge in [0, 0.05) is 17.5 Å². The molecule has 0 aliphatic carbocycles. The van der Waals surface area contributed by atoms with E-state index < -0.39 is 11.2 Å². The summed E-state index contributed by atoms with van der Waals surface area (Å²) in [4.78, 5) is 16.2. The summed E-state index contributed by atoms with van der Waals surface area (Å²) in [7, 11) is 0. The van der Waals surface area contributed by atoms with Crippen molar-refractivity contribution in [2.75, 3.05) is 0 Å². The molecule has 0 aliphatic heterocycles. The standard InChI is InChI=1S/C12H10F3NOS2/c13-12(14,15)11-16-7-10(19-11)9(17)5-1-3-8-4-2-6-18-8/h2,4,6-7H,1,3,5H2. The van der Waals surface area contributed by atoms with Crippen molar-refractivity contribution in [3.8, 4) is 0 Å². The van der Waals surface area contributed by atoms with E-state index in [0.717, 1.165) is 12.6 Å². The number of ketones is 1. The predicted molar refractivity (Wildman–Crippen MR) is 68.7 cm³/mol. The number of hydrogen-bond donors (Lipinski definition) is 0. The van der Waals surface area contributed by atoms with Gasteiger partial charge in [-0.3, -0.25) is 4.79 Å². The van der Waals surface area contributed by atoms with Crippen LogP contribution >= 0.6 is 22.7 Å². The number of halogens is 3. The number of hydrogen-bond acceptors (Lipinski definition) is 4. The molecule has 0 atom stereocenters. The number of carbonyl (C=O) groups is 1. The molecule has 0 aliphatic rings. The van der Waals surface area contributed by atoms with Gasteiger partial charge in [0.2, 0.25) is 0 Å². The van der Waals surface area contributed by atoms with Crippen LogP contribution in [0.4, 0.5) is 13.2 Å². The Morgan fingerprint density at radius 1 is 1.37 bits per heavy atom. The van der Waals surface area contributed by atoms with Gasteiger partial charge in [0.05, 0.1) is 4.88 Å². The number of aryl methyl sites for hydroxylation is 1. The number of Topliss-reactive ketones (excluding diaryl/α,β-unsaturated/α-hetero) is 1. The molecule has 0 bridgehead atoms. The molecule has 0 aromatic carbocycles. The average Bonchev–Trinajstić information content (AvgIpc) is 2.99. The van der Waals surface area contributed by atoms with Gasteiger partial charge in [0.15, 0.2) is 10.8 Å². The zero-order valence-electron chi connectivity index (χ0n) is 9.74. The first kappa shape index (κ1) is 14.2. The molecule has 102 valence electrons. The van der Waals surface area contributed by atoms with Crippen molar-refractivity contribution in [3.05, 3.63) is 38.5 Å². The van der Waals surface area contributed by atoms with Crippen LogP contribution in [0, 0.1) is 0 Å². The monoisotopic (exact) mass is 305 g/mol. The lowest BCUT2D eigenvalue weighted by molar-refractivity contribution is -0.137. The number of thiazole rings is 1. The molecular formula is C12H10F3NOS2. The van der Waals surface area contributed by atoms with Gasteiger partial charge in [0.1, 0.15) is 0 Å². The number of carbonyl (C=O) groups excluding carboxylic acids is 1. The molecule has 7 heteroatoms. The van der Waals surface area contributed by atoms with E-state index in [-0.39, 0.29) is 17.1 Å². The first-order chi connectivity index (χ1) is 8.97. The van der Waals surface area contributed by atoms with Crippen LogP contribution < -0.4 is 0 Å². The van der Waals surface area contributed by atoms with Crippen molar-refractivity contribution >= 4 is 28.5 Å². The fourth-order valence-corrected chi connectivity index (χ4v) is 3.04. The fraction of sp³-hybridized carbons (Fsp3) is 0.333. The van der Waals surface area contributed by atoms with Crippen molar-refractivity contribution < 1.29 is 18.0 Å². The molecule has 2 aromatic heterocycles. The highest BCUT2D eigenvalue weighted by Gasteiger charge is 2.35. The number of aromatic nitrogens is 1. The van der Waals surface area contributed by atoms with Gasteiger partial charge in [-0.15, -0.1) is 22.7 Å². The highest BCUT2D eigenvalue weighted by atomic mass is 32.1. The van der Waals surface area contributed by atoms with Crippen molar-refractivity contribution in [1.82, 2.24) is 4.98 Å². The first-order valence-corrected chi connectivity index (χ1v) is 7.25. The molecule has 2 nitrogen and oxygen atoms in total. The summed E-state index contributed by atoms with van der Waals surface area (Å²) in [5.41, 5.74) is 0. The predicted octanol–water partition coefficient (Wildman–Crippen LogP) is 4.43. The molecule has 2 aromatic rings. The van der Waals surface area contributed by atoms with Crippen LogP contribution in [0.15, 0.2) is 23.7 Å². The van der Waals surface area contributed by atoms with E-state index in [4.69, 9.17) is 0 Å². The number of rotatable bonds is 5. The maximum atomic E-state index is 12.3. The maximum absolute atomic E-state index is 12.3. The molecule has 0 fully saturated rings. The number of thiophene rings is 1. The van der Waals surface area contributed by atoms with Crippen molar-refractivity contribution in [2.24, 2.45) is 0 Å². The van der Waals surface area contributed by atoms with Crippen LogP contribution in [0.5, 0.6) is 0 Å². The molecule has 0 N–H and O–H groups in total. The molecule has 0 amide bonds. The second-order valence-corrected chi connectivity index (χ2v) is 5.95. The summed E-state index contributed by atoms with van der Waals surface area (Å²) in [6, 6.07) is 3.91. The minimum atomic E-state index is -4.47. The molecule has 2 rings (SSSR count). The van der Waals surface area contributed by atoms with Gasteiger partial charge in [-0.05, 0) is 24.3 Å². The normalized spacial score (nSPS) is 11.7. The van der Waals surface area contributed by atoms with Gasteiger partial charge < -0.3 is 0 Å². The summed E-state index contributed by atoms with van der Waals surface area (Å²) < 4.78 is 37.0. The summed E-state index contributed by atoms with van der Waals surface area (Å²) in [5.74, 6) is -0.274. The van der Waals surface area contributed by atoms with Gasteiger partial charge in [-0.2, -0.15) is 13.2 Å². The Kier molecular flexibility index (Phi) is 4.36. The van der Waals surface area contributed by atoms with Gasteiger partial charge >= 0.3 is 6.18 Å². The second-order valence-electron chi connectivity index (χ2n) is 3.88. The molecule has 0 spiro atoms. The molecule has 19 heavy (non-hydrogen) atoms. The number of alkyl halides is 3. The van der Waals surface area contributed by atoms with Crippen LogP contribution in [0.3, 0.4) is 0 Å². The Morgan fingerprint density at radius 3 is 2.74 bits per heavy atom. The van der Waals surface area contributed by atoms with Gasteiger partial charge in [-0.25, -0.2) is 4.98 Å². The highest BCUT2D eigenvalue weighted by molar-refractivity contribution is 7.13. The summed E-state index contributed by atoms with van der Waals surface area (Å²) in [6.45, 7) is 0. The second kappa shape index (κ2) is 5.83. The van der Waals surface area contributed by atoms with Crippen LogP contribution in [-0.4, -0.2) is 10.8 Å². The van der Waals surface area contributed by atoms with E-state index in [0.29, 0.717) is 17.8 Å². The highest BCUT2D eigenvalue weighted by Crippen LogP contribution is 2.32. The summed E-state index contributed by atoms with van der Waals surface area (Å²) >= 11 is 2.02. The number of nitrogens with zero attached hydrogens (tertiary/aromatic N) is 1. The lowest BCUT2D eigenvalue weighted by Gasteiger charge is -1.99. The van der Waals surface area contributed by atoms with E-state index in [1.807, 2.05) is 17.5 Å². The molecule has 2 heterocycles. The van der Waals surface area contributed by atoms with Crippen LogP contribution in [0.2, 0.25) is 0 Å². The third kappa shape index (κ3) is 3.87. The smallest absolute Gasteiger partial charge is 0.293 e. The fourth-order valence-electron chi connectivity index (χ4n) is 1.54. The minimum Gasteiger partial charge on any atom is -0.293 e. The summed E-state index contributed by atoms with van der Waals surface area (Å²) in [6.07, 6.45) is -1.80. The lowest BCUT2D eigenvalue weighted by Crippen LogP contribution is -2.03. The first-order valence-electron chi connectivity index (χ1n) is 5.55. The van der Waals surface area contributed by atoms with E-state index in [1.54, 1.807) is 11.3 Å². The molecule has 0 radical (unpaired) electrons. The van der Waals surface area contributed by atoms with Gasteiger partial charge in [-0.1, -0.05) is 6.07 Å². The Morgan fingerprint density at radius 2 is 2.16 bits per heavy atom. The average molecular weight is 305 g/mol. The molecule has 0 saturated carbocycles. The SMILES string of the molecule is O=C(CCCc1cccs1)c1cnc(C(F)(F)F)s1. The van der Waals surface area contributed by atoms with Crippen molar-refractivity contribution in [2.45, 2.75) is 25.4 Å². The Balaban J connectivity index is 1.88. The largest absolute Gasteiger partial charge is 0.443 e. The van der Waals surface area contributed by atoms with E-state index >= 15 is 0 Å². The maximum Gasteiger partial charge on any atom is 0.443 e. The summed E-state index contributed by atoms with van der Waals surface area (Å²) in [5, 5.41) is 0.991. The molecular weight excluding hydrogens is 295 g/mol. The Hall–Kier alpha value is -1.21. The van der Waals surface area contributed by atoms with Crippen molar-refractivity contribution in [3.63, 3.8) is 0 Å². The van der Waals surface area contributed by atoms with Crippen LogP contribution in [0.25, 0.3) is 0 Å². The topological polar surface area (TPSA) is 30.0 Å². The van der Waals surface area contributed by atoms with Gasteiger partial charge in [0.25, 0.3) is 0 Å². The zero-order chi connectivity index (χ0) is 13.9. The van der Waals surface area contributed by atoms with E-state index in [2.05, 4.69) is 4.98 Å². The Labute approximate surface area is 115 Å². The van der Waals surface area contributed by atoms with E-state index in [1.165, 1.54) is 4.88 Å². The van der Waals surface area contributed by atoms with E-state index in [9.17, 15) is 18.0 Å². The molecule has 0 saturated heterocycles. The van der Waals surface area contributed by atoms with Crippen molar-refractivity contribution in [1.29, 1.82) is 0 Å². The third-order valence-electron chi connectivity index (χ3n) is 2.43. The third-order valence-corrected chi connectivity index (χ3v) is 4.45. The Bertz CT molecular complexity index is 546. The molecule has 0 unspecified atom stereocenters. The lowest BCUT2D eigenvalue weighted by atomic mass is 10.1. The minimum absolute atomic E-state index is 0.0819.